The molecule has 6 heteroatoms. The molecule has 0 spiro atoms. The fraction of sp³-hybridized carbons (Fsp3) is 0.400. The third-order valence-corrected chi connectivity index (χ3v) is 4.07. The van der Waals surface area contributed by atoms with Crippen molar-refractivity contribution in [3.05, 3.63) is 40.4 Å². The number of carbonyl (C=O) groups is 1. The summed E-state index contributed by atoms with van der Waals surface area (Å²) < 4.78 is 3.93. The van der Waals surface area contributed by atoms with Crippen LogP contribution in [0.5, 0.6) is 0 Å². The van der Waals surface area contributed by atoms with Gasteiger partial charge in [-0.25, -0.2) is 0 Å². The lowest BCUT2D eigenvalue weighted by molar-refractivity contribution is 0.0756. The van der Waals surface area contributed by atoms with Gasteiger partial charge in [0.25, 0.3) is 5.91 Å². The monoisotopic (exact) mass is 304 g/mol. The minimum atomic E-state index is -0.0283. The molecule has 2 N–H and O–H groups in total. The van der Waals surface area contributed by atoms with Gasteiger partial charge in [0.2, 0.25) is 0 Å². The maximum atomic E-state index is 12.7. The van der Waals surface area contributed by atoms with Gasteiger partial charge in [-0.05, 0) is 36.0 Å². The largest absolute Gasteiger partial charge is 0.398 e. The number of para-hydroxylation sites is 1. The van der Waals surface area contributed by atoms with Gasteiger partial charge in [-0.2, -0.15) is 0 Å². The van der Waals surface area contributed by atoms with Gasteiger partial charge in [0.05, 0.1) is 5.69 Å². The van der Waals surface area contributed by atoms with E-state index in [1.165, 1.54) is 0 Å². The smallest absolute Gasteiger partial charge is 0.267 e. The molecular formula is C15H20N4OS. The molecule has 1 amide bonds. The van der Waals surface area contributed by atoms with Crippen LogP contribution in [0.2, 0.25) is 0 Å². The number of hydrogen-bond donors (Lipinski definition) is 1. The predicted molar refractivity (Wildman–Crippen MR) is 85.3 cm³/mol. The third-order valence-electron chi connectivity index (χ3n) is 3.34. The molecule has 0 fully saturated rings. The van der Waals surface area contributed by atoms with Gasteiger partial charge in [-0.1, -0.05) is 36.5 Å². The minimum absolute atomic E-state index is 0.0283. The van der Waals surface area contributed by atoms with E-state index in [2.05, 4.69) is 9.59 Å². The normalized spacial score (nSPS) is 10.9. The Labute approximate surface area is 128 Å². The molecule has 0 aliphatic carbocycles. The van der Waals surface area contributed by atoms with Crippen LogP contribution in [0, 0.1) is 0 Å². The highest BCUT2D eigenvalue weighted by Crippen LogP contribution is 2.23. The lowest BCUT2D eigenvalue weighted by Crippen LogP contribution is -2.30. The van der Waals surface area contributed by atoms with Crippen LogP contribution in [-0.4, -0.2) is 26.9 Å². The van der Waals surface area contributed by atoms with E-state index >= 15 is 0 Å². The Kier molecular flexibility index (Phi) is 4.90. The minimum Gasteiger partial charge on any atom is -0.398 e. The van der Waals surface area contributed by atoms with Crippen molar-refractivity contribution in [3.8, 4) is 0 Å². The van der Waals surface area contributed by atoms with Crippen molar-refractivity contribution in [2.75, 3.05) is 12.3 Å². The van der Waals surface area contributed by atoms with Crippen LogP contribution in [0.1, 0.15) is 47.6 Å². The quantitative estimate of drug-likeness (QED) is 0.862. The molecule has 0 aliphatic heterocycles. The molecule has 1 heterocycles. The fourth-order valence-electron chi connectivity index (χ4n) is 2.08. The van der Waals surface area contributed by atoms with Crippen LogP contribution in [-0.2, 0) is 6.54 Å². The summed E-state index contributed by atoms with van der Waals surface area (Å²) in [6.07, 6.45) is 0. The summed E-state index contributed by atoms with van der Waals surface area (Å²) in [4.78, 5) is 15.1. The molecule has 0 atom stereocenters. The lowest BCUT2D eigenvalue weighted by atomic mass is 10.1. The number of carbonyl (C=O) groups excluding carboxylic acids is 1. The second-order valence-electron chi connectivity index (χ2n) is 5.16. The van der Waals surface area contributed by atoms with E-state index in [4.69, 9.17) is 5.73 Å². The molecule has 1 aromatic carbocycles. The zero-order valence-corrected chi connectivity index (χ0v) is 13.4. The lowest BCUT2D eigenvalue weighted by Gasteiger charge is -2.21. The number of hydrogen-bond acceptors (Lipinski definition) is 5. The summed E-state index contributed by atoms with van der Waals surface area (Å²) in [7, 11) is 0. The Balaban J connectivity index is 2.23. The summed E-state index contributed by atoms with van der Waals surface area (Å²) in [5.41, 5.74) is 8.39. The average molecular weight is 304 g/mol. The summed E-state index contributed by atoms with van der Waals surface area (Å²) in [6, 6.07) is 7.61. The Morgan fingerprint density at radius 2 is 2.10 bits per heavy atom. The van der Waals surface area contributed by atoms with E-state index in [1.807, 2.05) is 45.0 Å². The first-order valence-corrected chi connectivity index (χ1v) is 7.76. The van der Waals surface area contributed by atoms with Gasteiger partial charge in [0.15, 0.2) is 0 Å². The second kappa shape index (κ2) is 6.67. The standard InChI is InChI=1S/C15H20N4OS/c1-4-19(9-11-7-5-6-8-12(11)16)15(20)14-13(10(2)3)17-18-21-14/h5-8,10H,4,9,16H2,1-3H3. The molecule has 0 saturated heterocycles. The van der Waals surface area contributed by atoms with Crippen LogP contribution >= 0.6 is 11.5 Å². The number of aromatic nitrogens is 2. The van der Waals surface area contributed by atoms with Gasteiger partial charge < -0.3 is 10.6 Å². The van der Waals surface area contributed by atoms with E-state index in [0.29, 0.717) is 23.7 Å². The maximum absolute atomic E-state index is 12.7. The zero-order chi connectivity index (χ0) is 15.4. The molecule has 0 unspecified atom stereocenters. The van der Waals surface area contributed by atoms with E-state index in [-0.39, 0.29) is 11.8 Å². The highest BCUT2D eigenvalue weighted by atomic mass is 32.1. The van der Waals surface area contributed by atoms with Gasteiger partial charge >= 0.3 is 0 Å². The molecule has 0 aliphatic rings. The summed E-state index contributed by atoms with van der Waals surface area (Å²) in [5.74, 6) is 0.155. The van der Waals surface area contributed by atoms with Crippen LogP contribution in [0.4, 0.5) is 5.69 Å². The molecule has 2 rings (SSSR count). The molecule has 2 aromatic rings. The first kappa shape index (κ1) is 15.4. The molecule has 5 nitrogen and oxygen atoms in total. The molecule has 0 saturated carbocycles. The van der Waals surface area contributed by atoms with Crippen molar-refractivity contribution < 1.29 is 4.79 Å². The summed E-state index contributed by atoms with van der Waals surface area (Å²) in [5, 5.41) is 4.07. The summed E-state index contributed by atoms with van der Waals surface area (Å²) in [6.45, 7) is 7.10. The van der Waals surface area contributed by atoms with Gasteiger partial charge in [0.1, 0.15) is 4.88 Å². The highest BCUT2D eigenvalue weighted by Gasteiger charge is 2.23. The second-order valence-corrected chi connectivity index (χ2v) is 5.91. The van der Waals surface area contributed by atoms with E-state index < -0.39 is 0 Å². The average Bonchev–Trinajstić information content (AvgIpc) is 2.95. The number of nitrogen functional groups attached to an aromatic ring is 1. The molecule has 112 valence electrons. The van der Waals surface area contributed by atoms with Crippen LogP contribution in [0.25, 0.3) is 0 Å². The SMILES string of the molecule is CCN(Cc1ccccc1N)C(=O)c1snnc1C(C)C. The van der Waals surface area contributed by atoms with Crippen molar-refractivity contribution in [3.63, 3.8) is 0 Å². The molecule has 0 radical (unpaired) electrons. The third kappa shape index (κ3) is 3.39. The Morgan fingerprint density at radius 1 is 1.38 bits per heavy atom. The van der Waals surface area contributed by atoms with Crippen molar-refractivity contribution in [1.29, 1.82) is 0 Å². The molecular weight excluding hydrogens is 284 g/mol. The molecule has 21 heavy (non-hydrogen) atoms. The Morgan fingerprint density at radius 3 is 2.71 bits per heavy atom. The number of benzene rings is 1. The number of anilines is 1. The molecule has 1 aromatic heterocycles. The van der Waals surface area contributed by atoms with Gasteiger partial charge in [-0.15, -0.1) is 5.10 Å². The van der Waals surface area contributed by atoms with Crippen LogP contribution < -0.4 is 5.73 Å². The highest BCUT2D eigenvalue weighted by molar-refractivity contribution is 7.08. The van der Waals surface area contributed by atoms with Crippen molar-refractivity contribution in [1.82, 2.24) is 14.5 Å². The van der Waals surface area contributed by atoms with Crippen molar-refractivity contribution in [2.45, 2.75) is 33.2 Å². The van der Waals surface area contributed by atoms with Crippen LogP contribution in [0.3, 0.4) is 0 Å². The molecule has 0 bridgehead atoms. The Bertz CT molecular complexity index is 624. The maximum Gasteiger partial charge on any atom is 0.267 e. The topological polar surface area (TPSA) is 72.1 Å². The first-order chi connectivity index (χ1) is 10.0. The number of nitrogens with two attached hydrogens (primary N) is 1. The number of rotatable bonds is 5. The van der Waals surface area contributed by atoms with Crippen LogP contribution in [0.15, 0.2) is 24.3 Å². The fourth-order valence-corrected chi connectivity index (χ4v) is 2.87. The van der Waals surface area contributed by atoms with Crippen molar-refractivity contribution in [2.24, 2.45) is 0 Å². The van der Waals surface area contributed by atoms with E-state index in [9.17, 15) is 4.79 Å². The van der Waals surface area contributed by atoms with E-state index in [1.54, 1.807) is 4.90 Å². The van der Waals surface area contributed by atoms with E-state index in [0.717, 1.165) is 22.8 Å². The summed E-state index contributed by atoms with van der Waals surface area (Å²) >= 11 is 1.16. The predicted octanol–water partition coefficient (Wildman–Crippen LogP) is 2.91. The van der Waals surface area contributed by atoms with Gasteiger partial charge in [0, 0.05) is 18.8 Å². The van der Waals surface area contributed by atoms with Gasteiger partial charge in [-0.3, -0.25) is 4.79 Å². The Hall–Kier alpha value is -1.95. The number of nitrogens with zero attached hydrogens (tertiary/aromatic N) is 3. The van der Waals surface area contributed by atoms with Crippen molar-refractivity contribution >= 4 is 23.1 Å². The first-order valence-electron chi connectivity index (χ1n) is 6.99. The number of amides is 1. The zero-order valence-electron chi connectivity index (χ0n) is 12.5.